The summed E-state index contributed by atoms with van der Waals surface area (Å²) in [6.07, 6.45) is 4.68. The second kappa shape index (κ2) is 6.50. The molecule has 1 amide bonds. The lowest BCUT2D eigenvalue weighted by atomic mass is 10.1. The number of nitrogens with two attached hydrogens (primary N) is 1. The van der Waals surface area contributed by atoms with Gasteiger partial charge in [0, 0.05) is 12.4 Å². The lowest BCUT2D eigenvalue weighted by Gasteiger charge is -2.04. The van der Waals surface area contributed by atoms with E-state index >= 15 is 0 Å². The van der Waals surface area contributed by atoms with Crippen LogP contribution < -0.4 is 11.1 Å². The highest BCUT2D eigenvalue weighted by Gasteiger charge is 2.11. The van der Waals surface area contributed by atoms with E-state index < -0.39 is 0 Å². The average Bonchev–Trinajstić information content (AvgIpc) is 2.88. The predicted molar refractivity (Wildman–Crippen MR) is 72.6 cm³/mol. The Morgan fingerprint density at radius 3 is 3.05 bits per heavy atom. The maximum Gasteiger partial charge on any atom is 0.253 e. The monoisotopic (exact) mass is 270 g/mol. The molecule has 0 fully saturated rings. The van der Waals surface area contributed by atoms with Crippen LogP contribution in [-0.4, -0.2) is 22.4 Å². The molecule has 0 unspecified atom stereocenters. The van der Waals surface area contributed by atoms with Crippen molar-refractivity contribution in [3.63, 3.8) is 0 Å². The highest BCUT2D eigenvalue weighted by Crippen LogP contribution is 2.06. The molecule has 0 atom stereocenters. The number of hydrogen-bond acceptors (Lipinski definition) is 5. The Morgan fingerprint density at radius 1 is 1.50 bits per heavy atom. The standard InChI is InChI=1S/C14H14N4O2/c1-10-7-17-13(20-10)9-18-14(19)12-4-6-16-8-11(12)3-2-5-15/h4,6-8H,5,9,15H2,1H3,(H,18,19). The van der Waals surface area contributed by atoms with Crippen LogP contribution in [0.3, 0.4) is 0 Å². The van der Waals surface area contributed by atoms with Crippen LogP contribution in [0.4, 0.5) is 0 Å². The number of aromatic nitrogens is 2. The van der Waals surface area contributed by atoms with E-state index in [1.54, 1.807) is 19.2 Å². The summed E-state index contributed by atoms with van der Waals surface area (Å²) in [7, 11) is 0. The minimum absolute atomic E-state index is 0.221. The van der Waals surface area contributed by atoms with Gasteiger partial charge in [-0.15, -0.1) is 0 Å². The van der Waals surface area contributed by atoms with Crippen LogP contribution in [0.15, 0.2) is 29.1 Å². The molecule has 20 heavy (non-hydrogen) atoms. The summed E-state index contributed by atoms with van der Waals surface area (Å²) in [5.41, 5.74) is 6.31. The summed E-state index contributed by atoms with van der Waals surface area (Å²) < 4.78 is 5.28. The van der Waals surface area contributed by atoms with Crippen molar-refractivity contribution in [3.05, 3.63) is 47.4 Å². The van der Waals surface area contributed by atoms with Crippen molar-refractivity contribution in [2.24, 2.45) is 5.73 Å². The minimum Gasteiger partial charge on any atom is -0.444 e. The van der Waals surface area contributed by atoms with Gasteiger partial charge in [-0.1, -0.05) is 11.8 Å². The quantitative estimate of drug-likeness (QED) is 0.797. The van der Waals surface area contributed by atoms with Gasteiger partial charge in [0.1, 0.15) is 5.76 Å². The van der Waals surface area contributed by atoms with E-state index in [2.05, 4.69) is 27.1 Å². The number of oxazole rings is 1. The van der Waals surface area contributed by atoms with Crippen LogP contribution in [0.5, 0.6) is 0 Å². The molecule has 2 rings (SSSR count). The summed E-state index contributed by atoms with van der Waals surface area (Å²) in [6, 6.07) is 1.61. The van der Waals surface area contributed by atoms with E-state index in [1.807, 2.05) is 0 Å². The Kier molecular flexibility index (Phi) is 4.47. The van der Waals surface area contributed by atoms with Crippen molar-refractivity contribution in [3.8, 4) is 11.8 Å². The lowest BCUT2D eigenvalue weighted by molar-refractivity contribution is 0.0946. The molecule has 102 valence electrons. The van der Waals surface area contributed by atoms with Gasteiger partial charge < -0.3 is 15.5 Å². The molecule has 2 aromatic rings. The third kappa shape index (κ3) is 3.43. The SMILES string of the molecule is Cc1cnc(CNC(=O)c2ccncc2C#CCN)o1. The summed E-state index contributed by atoms with van der Waals surface area (Å²) in [4.78, 5) is 20.1. The Hall–Kier alpha value is -2.65. The van der Waals surface area contributed by atoms with Gasteiger partial charge in [-0.25, -0.2) is 4.98 Å². The van der Waals surface area contributed by atoms with Gasteiger partial charge in [0.05, 0.1) is 30.4 Å². The fourth-order valence-corrected chi connectivity index (χ4v) is 1.57. The van der Waals surface area contributed by atoms with E-state index in [4.69, 9.17) is 10.2 Å². The maximum atomic E-state index is 12.1. The first-order valence-electron chi connectivity index (χ1n) is 6.03. The van der Waals surface area contributed by atoms with E-state index in [0.29, 0.717) is 22.8 Å². The first kappa shape index (κ1) is 13.8. The molecule has 6 nitrogen and oxygen atoms in total. The molecule has 0 radical (unpaired) electrons. The molecule has 2 aromatic heterocycles. The average molecular weight is 270 g/mol. The lowest BCUT2D eigenvalue weighted by Crippen LogP contribution is -2.24. The second-order valence-corrected chi connectivity index (χ2v) is 3.97. The van der Waals surface area contributed by atoms with Crippen molar-refractivity contribution < 1.29 is 9.21 Å². The molecule has 0 aromatic carbocycles. The number of nitrogens with zero attached hydrogens (tertiary/aromatic N) is 2. The zero-order valence-electron chi connectivity index (χ0n) is 11.0. The molecular formula is C14H14N4O2. The number of rotatable bonds is 3. The van der Waals surface area contributed by atoms with Gasteiger partial charge in [-0.05, 0) is 13.0 Å². The van der Waals surface area contributed by atoms with Crippen LogP contribution in [0.2, 0.25) is 0 Å². The first-order valence-corrected chi connectivity index (χ1v) is 6.03. The number of amides is 1. The second-order valence-electron chi connectivity index (χ2n) is 3.97. The topological polar surface area (TPSA) is 94.0 Å². The van der Waals surface area contributed by atoms with Gasteiger partial charge in [0.15, 0.2) is 0 Å². The van der Waals surface area contributed by atoms with E-state index in [0.717, 1.165) is 0 Å². The van der Waals surface area contributed by atoms with Gasteiger partial charge in [-0.3, -0.25) is 9.78 Å². The van der Waals surface area contributed by atoms with Crippen LogP contribution >= 0.6 is 0 Å². The zero-order valence-corrected chi connectivity index (χ0v) is 11.0. The number of nitrogens with one attached hydrogen (secondary N) is 1. The summed E-state index contributed by atoms with van der Waals surface area (Å²) >= 11 is 0. The van der Waals surface area contributed by atoms with E-state index in [-0.39, 0.29) is 19.0 Å². The van der Waals surface area contributed by atoms with Gasteiger partial charge in [0.2, 0.25) is 5.89 Å². The Bertz CT molecular complexity index is 667. The van der Waals surface area contributed by atoms with Gasteiger partial charge in [-0.2, -0.15) is 0 Å². The van der Waals surface area contributed by atoms with Gasteiger partial charge >= 0.3 is 0 Å². The van der Waals surface area contributed by atoms with E-state index in [1.165, 1.54) is 12.4 Å². The molecule has 0 spiro atoms. The number of aryl methyl sites for hydroxylation is 1. The molecule has 0 aliphatic heterocycles. The number of pyridine rings is 1. The third-order valence-electron chi connectivity index (χ3n) is 2.46. The molecule has 0 saturated heterocycles. The third-order valence-corrected chi connectivity index (χ3v) is 2.46. The van der Waals surface area contributed by atoms with Crippen molar-refractivity contribution in [1.29, 1.82) is 0 Å². The van der Waals surface area contributed by atoms with Crippen LogP contribution in [-0.2, 0) is 6.54 Å². The number of carbonyl (C=O) groups excluding carboxylic acids is 1. The highest BCUT2D eigenvalue weighted by molar-refractivity contribution is 5.96. The smallest absolute Gasteiger partial charge is 0.253 e. The van der Waals surface area contributed by atoms with Gasteiger partial charge in [0.25, 0.3) is 5.91 Å². The Morgan fingerprint density at radius 2 is 2.35 bits per heavy atom. The van der Waals surface area contributed by atoms with Crippen molar-refractivity contribution in [2.45, 2.75) is 13.5 Å². The Balaban J connectivity index is 2.09. The zero-order chi connectivity index (χ0) is 14.4. The maximum absolute atomic E-state index is 12.1. The first-order chi connectivity index (χ1) is 9.70. The number of carbonyl (C=O) groups is 1. The van der Waals surface area contributed by atoms with E-state index in [9.17, 15) is 4.79 Å². The molecule has 3 N–H and O–H groups in total. The highest BCUT2D eigenvalue weighted by atomic mass is 16.4. The minimum atomic E-state index is -0.260. The largest absolute Gasteiger partial charge is 0.444 e. The fourth-order valence-electron chi connectivity index (χ4n) is 1.57. The molecule has 0 aliphatic carbocycles. The number of hydrogen-bond donors (Lipinski definition) is 2. The van der Waals surface area contributed by atoms with Crippen LogP contribution in [0.25, 0.3) is 0 Å². The van der Waals surface area contributed by atoms with Crippen molar-refractivity contribution in [2.75, 3.05) is 6.54 Å². The summed E-state index contributed by atoms with van der Waals surface area (Å²) in [5.74, 6) is 6.42. The normalized spacial score (nSPS) is 9.70. The molecule has 0 bridgehead atoms. The van der Waals surface area contributed by atoms with Crippen LogP contribution in [0.1, 0.15) is 27.6 Å². The van der Waals surface area contributed by atoms with Crippen molar-refractivity contribution in [1.82, 2.24) is 15.3 Å². The molecule has 2 heterocycles. The Labute approximate surface area is 116 Å². The predicted octanol–water partition coefficient (Wildman–Crippen LogP) is 0.618. The van der Waals surface area contributed by atoms with Crippen molar-refractivity contribution >= 4 is 5.91 Å². The summed E-state index contributed by atoms with van der Waals surface area (Å²) in [6.45, 7) is 2.24. The molecule has 0 saturated carbocycles. The summed E-state index contributed by atoms with van der Waals surface area (Å²) in [5, 5.41) is 2.72. The molecular weight excluding hydrogens is 256 g/mol. The van der Waals surface area contributed by atoms with Crippen LogP contribution in [0, 0.1) is 18.8 Å². The molecule has 0 aliphatic rings. The molecule has 6 heteroatoms. The fraction of sp³-hybridized carbons (Fsp3) is 0.214.